The van der Waals surface area contributed by atoms with Gasteiger partial charge in [-0.05, 0) is 34.4 Å². The molecule has 0 unspecified atom stereocenters. The Labute approximate surface area is 120 Å². The van der Waals surface area contributed by atoms with Crippen molar-refractivity contribution in [1.29, 1.82) is 0 Å². The van der Waals surface area contributed by atoms with Crippen LogP contribution >= 0.6 is 0 Å². The fraction of sp³-hybridized carbons (Fsp3) is 0.316. The zero-order valence-corrected chi connectivity index (χ0v) is 12.6. The first-order chi connectivity index (χ1) is 9.59. The number of hydrogen-bond donors (Lipinski definition) is 0. The van der Waals surface area contributed by atoms with Crippen LogP contribution in [-0.4, -0.2) is 4.98 Å². The molecule has 1 heterocycles. The van der Waals surface area contributed by atoms with E-state index in [0.29, 0.717) is 11.8 Å². The summed E-state index contributed by atoms with van der Waals surface area (Å²) in [6.07, 6.45) is 1.95. The Hall–Kier alpha value is -1.89. The highest BCUT2D eigenvalue weighted by molar-refractivity contribution is 6.08. The molecule has 0 aliphatic rings. The number of aromatic nitrogens is 1. The molecule has 1 heteroatoms. The quantitative estimate of drug-likeness (QED) is 0.546. The van der Waals surface area contributed by atoms with Crippen molar-refractivity contribution in [3.8, 4) is 0 Å². The minimum absolute atomic E-state index is 0.504. The van der Waals surface area contributed by atoms with Crippen LogP contribution in [0.25, 0.3) is 21.7 Å². The fourth-order valence-electron chi connectivity index (χ4n) is 3.00. The topological polar surface area (TPSA) is 12.9 Å². The van der Waals surface area contributed by atoms with Crippen molar-refractivity contribution in [2.24, 2.45) is 0 Å². The second kappa shape index (κ2) is 4.90. The largest absolute Gasteiger partial charge is 0.256 e. The average Bonchev–Trinajstić information content (AvgIpc) is 2.45. The predicted octanol–water partition coefficient (Wildman–Crippen LogP) is 5.63. The van der Waals surface area contributed by atoms with Gasteiger partial charge in [0.25, 0.3) is 0 Å². The number of benzene rings is 2. The molecule has 0 atom stereocenters. The van der Waals surface area contributed by atoms with Gasteiger partial charge in [0.1, 0.15) is 0 Å². The van der Waals surface area contributed by atoms with Crippen molar-refractivity contribution in [2.75, 3.05) is 0 Å². The molecule has 0 saturated heterocycles. The Morgan fingerprint density at radius 2 is 1.55 bits per heavy atom. The zero-order valence-electron chi connectivity index (χ0n) is 12.6. The van der Waals surface area contributed by atoms with E-state index in [9.17, 15) is 0 Å². The van der Waals surface area contributed by atoms with Gasteiger partial charge in [-0.3, -0.25) is 4.98 Å². The molecule has 2 aromatic carbocycles. The highest BCUT2D eigenvalue weighted by atomic mass is 14.7. The van der Waals surface area contributed by atoms with Crippen LogP contribution in [0.3, 0.4) is 0 Å². The van der Waals surface area contributed by atoms with E-state index in [1.165, 1.54) is 27.3 Å². The molecule has 1 nitrogen and oxygen atoms in total. The smallest absolute Gasteiger partial charge is 0.0786 e. The van der Waals surface area contributed by atoms with Crippen molar-refractivity contribution in [2.45, 2.75) is 39.5 Å². The molecule has 0 spiro atoms. The third kappa shape index (κ3) is 1.98. The van der Waals surface area contributed by atoms with Crippen LogP contribution in [0.1, 0.15) is 50.7 Å². The molecular formula is C19H21N. The molecule has 20 heavy (non-hydrogen) atoms. The molecule has 1 aromatic heterocycles. The van der Waals surface area contributed by atoms with E-state index in [-0.39, 0.29) is 0 Å². The maximum Gasteiger partial charge on any atom is 0.0786 e. The van der Waals surface area contributed by atoms with Crippen LogP contribution in [0.4, 0.5) is 0 Å². The molecule has 0 N–H and O–H groups in total. The van der Waals surface area contributed by atoms with Crippen molar-refractivity contribution in [3.63, 3.8) is 0 Å². The molecule has 0 aliphatic heterocycles. The van der Waals surface area contributed by atoms with Gasteiger partial charge in [-0.1, -0.05) is 58.0 Å². The summed E-state index contributed by atoms with van der Waals surface area (Å²) in [5, 5.41) is 3.91. The van der Waals surface area contributed by atoms with E-state index in [1.807, 2.05) is 6.20 Å². The first kappa shape index (κ1) is 13.1. The van der Waals surface area contributed by atoms with Crippen LogP contribution < -0.4 is 0 Å². The highest BCUT2D eigenvalue weighted by Gasteiger charge is 2.15. The van der Waals surface area contributed by atoms with Crippen LogP contribution in [0.2, 0.25) is 0 Å². The van der Waals surface area contributed by atoms with Gasteiger partial charge in [0.15, 0.2) is 0 Å². The Morgan fingerprint density at radius 1 is 0.850 bits per heavy atom. The van der Waals surface area contributed by atoms with Gasteiger partial charge in [-0.2, -0.15) is 0 Å². The predicted molar refractivity (Wildman–Crippen MR) is 87.4 cm³/mol. The van der Waals surface area contributed by atoms with Gasteiger partial charge >= 0.3 is 0 Å². The van der Waals surface area contributed by atoms with Gasteiger partial charge in [0, 0.05) is 17.0 Å². The maximum absolute atomic E-state index is 4.70. The van der Waals surface area contributed by atoms with E-state index in [2.05, 4.69) is 64.1 Å². The molecule has 0 bridgehead atoms. The molecule has 102 valence electrons. The lowest BCUT2D eigenvalue weighted by atomic mass is 9.88. The molecule has 0 fully saturated rings. The average molecular weight is 263 g/mol. The van der Waals surface area contributed by atoms with E-state index in [0.717, 1.165) is 5.52 Å². The summed E-state index contributed by atoms with van der Waals surface area (Å²) >= 11 is 0. The van der Waals surface area contributed by atoms with Gasteiger partial charge in [0.2, 0.25) is 0 Å². The third-order valence-corrected chi connectivity index (χ3v) is 4.04. The summed E-state index contributed by atoms with van der Waals surface area (Å²) in [6, 6.07) is 13.1. The number of pyridine rings is 1. The molecule has 3 aromatic rings. The van der Waals surface area contributed by atoms with Crippen LogP contribution in [-0.2, 0) is 0 Å². The molecular weight excluding hydrogens is 242 g/mol. The number of nitrogens with zero attached hydrogens (tertiary/aromatic N) is 1. The monoisotopic (exact) mass is 263 g/mol. The lowest BCUT2D eigenvalue weighted by Crippen LogP contribution is -1.98. The second-order valence-corrected chi connectivity index (χ2v) is 6.12. The highest BCUT2D eigenvalue weighted by Crippen LogP contribution is 2.35. The van der Waals surface area contributed by atoms with Crippen molar-refractivity contribution < 1.29 is 0 Å². The standard InChI is InChI=1S/C19H21N/c1-12(2)15-9-10-20-19-16-8-6-5-7-14(16)11-17(13(3)4)18(15)19/h5-13H,1-4H3. The van der Waals surface area contributed by atoms with Crippen LogP contribution in [0.5, 0.6) is 0 Å². The minimum Gasteiger partial charge on any atom is -0.256 e. The van der Waals surface area contributed by atoms with Crippen molar-refractivity contribution in [3.05, 3.63) is 53.7 Å². The molecule has 0 radical (unpaired) electrons. The van der Waals surface area contributed by atoms with E-state index < -0.39 is 0 Å². The van der Waals surface area contributed by atoms with E-state index >= 15 is 0 Å². The number of rotatable bonds is 2. The zero-order chi connectivity index (χ0) is 14.3. The third-order valence-electron chi connectivity index (χ3n) is 4.04. The summed E-state index contributed by atoms with van der Waals surface area (Å²) in [6.45, 7) is 9.05. The first-order valence-corrected chi connectivity index (χ1v) is 7.40. The maximum atomic E-state index is 4.70. The van der Waals surface area contributed by atoms with Gasteiger partial charge in [-0.25, -0.2) is 0 Å². The normalized spacial score (nSPS) is 11.9. The summed E-state index contributed by atoms with van der Waals surface area (Å²) in [5.41, 5.74) is 3.97. The van der Waals surface area contributed by atoms with Gasteiger partial charge in [-0.15, -0.1) is 0 Å². The van der Waals surface area contributed by atoms with Gasteiger partial charge in [0.05, 0.1) is 5.52 Å². The van der Waals surface area contributed by atoms with Gasteiger partial charge < -0.3 is 0 Å². The Morgan fingerprint density at radius 3 is 2.25 bits per heavy atom. The molecule has 0 saturated carbocycles. The molecule has 0 aliphatic carbocycles. The summed E-state index contributed by atoms with van der Waals surface area (Å²) in [4.78, 5) is 4.70. The van der Waals surface area contributed by atoms with Crippen molar-refractivity contribution >= 4 is 21.7 Å². The SMILES string of the molecule is CC(C)c1ccnc2c1c(C(C)C)cc1ccccc12. The fourth-order valence-corrected chi connectivity index (χ4v) is 3.00. The Bertz CT molecular complexity index is 769. The number of fused-ring (bicyclic) bond motifs is 3. The van der Waals surface area contributed by atoms with Crippen LogP contribution in [0, 0.1) is 0 Å². The van der Waals surface area contributed by atoms with Crippen LogP contribution in [0.15, 0.2) is 42.6 Å². The Kier molecular flexibility index (Phi) is 3.21. The lowest BCUT2D eigenvalue weighted by Gasteiger charge is -2.17. The van der Waals surface area contributed by atoms with E-state index in [1.54, 1.807) is 0 Å². The van der Waals surface area contributed by atoms with E-state index in [4.69, 9.17) is 4.98 Å². The minimum atomic E-state index is 0.504. The summed E-state index contributed by atoms with van der Waals surface area (Å²) < 4.78 is 0. The number of hydrogen-bond acceptors (Lipinski definition) is 1. The second-order valence-electron chi connectivity index (χ2n) is 6.12. The first-order valence-electron chi connectivity index (χ1n) is 7.40. The molecule has 3 rings (SSSR count). The lowest BCUT2D eigenvalue weighted by molar-refractivity contribution is 0.853. The summed E-state index contributed by atoms with van der Waals surface area (Å²) in [5.74, 6) is 1.02. The Balaban J connectivity index is 2.55. The van der Waals surface area contributed by atoms with Crippen molar-refractivity contribution in [1.82, 2.24) is 4.98 Å². The molecule has 0 amide bonds. The summed E-state index contributed by atoms with van der Waals surface area (Å²) in [7, 11) is 0.